The number of hydrogen-bond acceptors (Lipinski definition) is 5. The van der Waals surface area contributed by atoms with E-state index >= 15 is 0 Å². The zero-order valence-electron chi connectivity index (χ0n) is 13.3. The smallest absolute Gasteiger partial charge is 0.358 e. The lowest BCUT2D eigenvalue weighted by atomic mass is 9.96. The van der Waals surface area contributed by atoms with Gasteiger partial charge in [-0.2, -0.15) is 0 Å². The number of thiophene rings is 1. The molecule has 0 bridgehead atoms. The summed E-state index contributed by atoms with van der Waals surface area (Å²) in [6, 6.07) is 4.17. The fraction of sp³-hybridized carbons (Fsp3) is 0.500. The number of amides is 1. The standard InChI is InChI=1S/C16H20N4O3S/c21-15(7-8-19-10-14(17-11-19)20(22)23)18-16(12-4-1-2-5-12)13-6-3-9-24-13/h3,6,9-12,16H,1-2,4-5,7-8H2,(H,18,21)/t16-/m1/s1. The molecule has 0 aliphatic heterocycles. The van der Waals surface area contributed by atoms with Gasteiger partial charge in [-0.3, -0.25) is 4.79 Å². The topological polar surface area (TPSA) is 90.1 Å². The molecule has 2 aromatic heterocycles. The van der Waals surface area contributed by atoms with Crippen molar-refractivity contribution in [2.45, 2.75) is 44.7 Å². The van der Waals surface area contributed by atoms with Gasteiger partial charge in [-0.05, 0) is 40.1 Å². The maximum atomic E-state index is 12.3. The molecule has 1 fully saturated rings. The van der Waals surface area contributed by atoms with Crippen LogP contribution in [0, 0.1) is 16.0 Å². The van der Waals surface area contributed by atoms with Gasteiger partial charge in [-0.1, -0.05) is 18.9 Å². The lowest BCUT2D eigenvalue weighted by molar-refractivity contribution is -0.389. The second-order valence-electron chi connectivity index (χ2n) is 6.08. The second-order valence-corrected chi connectivity index (χ2v) is 7.06. The first-order chi connectivity index (χ1) is 11.6. The molecule has 1 atom stereocenters. The van der Waals surface area contributed by atoms with Crippen LogP contribution in [0.3, 0.4) is 0 Å². The largest absolute Gasteiger partial charge is 0.381 e. The normalized spacial score (nSPS) is 16.2. The van der Waals surface area contributed by atoms with E-state index in [0.29, 0.717) is 12.5 Å². The lowest BCUT2D eigenvalue weighted by Gasteiger charge is -2.23. The molecule has 0 radical (unpaired) electrons. The van der Waals surface area contributed by atoms with Crippen LogP contribution in [0.5, 0.6) is 0 Å². The summed E-state index contributed by atoms with van der Waals surface area (Å²) in [4.78, 5) is 27.3. The Bertz CT molecular complexity index is 692. The summed E-state index contributed by atoms with van der Waals surface area (Å²) in [5.74, 6) is 0.274. The van der Waals surface area contributed by atoms with Gasteiger partial charge in [0, 0.05) is 17.8 Å². The third-order valence-electron chi connectivity index (χ3n) is 4.44. The monoisotopic (exact) mass is 348 g/mol. The molecule has 1 N–H and O–H groups in total. The number of hydrogen-bond donors (Lipinski definition) is 1. The van der Waals surface area contributed by atoms with Crippen molar-refractivity contribution >= 4 is 23.1 Å². The Morgan fingerprint density at radius 2 is 2.29 bits per heavy atom. The summed E-state index contributed by atoms with van der Waals surface area (Å²) < 4.78 is 1.58. The van der Waals surface area contributed by atoms with E-state index in [9.17, 15) is 14.9 Å². The molecule has 1 aliphatic rings. The van der Waals surface area contributed by atoms with Crippen molar-refractivity contribution < 1.29 is 9.72 Å². The van der Waals surface area contributed by atoms with E-state index in [-0.39, 0.29) is 24.2 Å². The van der Waals surface area contributed by atoms with Gasteiger partial charge in [0.25, 0.3) is 0 Å². The number of carbonyl (C=O) groups excluding carboxylic acids is 1. The molecule has 1 aliphatic carbocycles. The van der Waals surface area contributed by atoms with E-state index in [2.05, 4.69) is 16.4 Å². The van der Waals surface area contributed by atoms with Crippen molar-refractivity contribution in [1.29, 1.82) is 0 Å². The Balaban J connectivity index is 1.57. The molecule has 24 heavy (non-hydrogen) atoms. The van der Waals surface area contributed by atoms with Crippen LogP contribution in [0.2, 0.25) is 0 Å². The molecule has 1 amide bonds. The van der Waals surface area contributed by atoms with Crippen LogP contribution in [-0.2, 0) is 11.3 Å². The molecule has 0 aromatic carbocycles. The molecule has 0 saturated heterocycles. The van der Waals surface area contributed by atoms with E-state index in [0.717, 1.165) is 12.8 Å². The van der Waals surface area contributed by atoms with Crippen LogP contribution >= 0.6 is 11.3 Å². The van der Waals surface area contributed by atoms with E-state index in [4.69, 9.17) is 0 Å². The van der Waals surface area contributed by atoms with Crippen molar-refractivity contribution in [3.05, 3.63) is 45.0 Å². The van der Waals surface area contributed by atoms with Gasteiger partial charge >= 0.3 is 5.82 Å². The minimum Gasteiger partial charge on any atom is -0.358 e. The summed E-state index contributed by atoms with van der Waals surface area (Å²) in [5.41, 5.74) is 0. The van der Waals surface area contributed by atoms with Gasteiger partial charge in [0.05, 0.1) is 6.04 Å². The van der Waals surface area contributed by atoms with Gasteiger partial charge in [-0.15, -0.1) is 11.3 Å². The summed E-state index contributed by atoms with van der Waals surface area (Å²) in [6.07, 6.45) is 7.76. The van der Waals surface area contributed by atoms with Gasteiger partial charge in [0.1, 0.15) is 6.20 Å². The number of aromatic nitrogens is 2. The predicted octanol–water partition coefficient (Wildman–Crippen LogP) is 3.29. The number of nitro groups is 1. The molecule has 0 unspecified atom stereocenters. The molecular weight excluding hydrogens is 328 g/mol. The first-order valence-corrected chi connectivity index (χ1v) is 9.00. The Hall–Kier alpha value is -2.22. The molecule has 3 rings (SSSR count). The molecule has 0 spiro atoms. The molecule has 8 heteroatoms. The maximum Gasteiger partial charge on any atom is 0.381 e. The van der Waals surface area contributed by atoms with Gasteiger partial charge in [0.2, 0.25) is 12.2 Å². The zero-order valence-corrected chi connectivity index (χ0v) is 14.1. The summed E-state index contributed by atoms with van der Waals surface area (Å²) >= 11 is 1.68. The highest BCUT2D eigenvalue weighted by molar-refractivity contribution is 7.10. The van der Waals surface area contributed by atoms with Gasteiger partial charge in [-0.25, -0.2) is 0 Å². The minimum atomic E-state index is -0.538. The van der Waals surface area contributed by atoms with Crippen LogP contribution in [-0.4, -0.2) is 20.4 Å². The van der Waals surface area contributed by atoms with Crippen LogP contribution in [0.15, 0.2) is 30.0 Å². The van der Waals surface area contributed by atoms with Crippen LogP contribution in [0.25, 0.3) is 0 Å². The van der Waals surface area contributed by atoms with Crippen molar-refractivity contribution in [3.63, 3.8) is 0 Å². The fourth-order valence-electron chi connectivity index (χ4n) is 3.22. The summed E-state index contributed by atoms with van der Waals surface area (Å²) in [6.45, 7) is 0.383. The number of carbonyl (C=O) groups is 1. The number of rotatable bonds is 7. The third kappa shape index (κ3) is 4.00. The lowest BCUT2D eigenvalue weighted by Crippen LogP contribution is -2.32. The number of aryl methyl sites for hydroxylation is 1. The highest BCUT2D eigenvalue weighted by Gasteiger charge is 2.28. The molecule has 2 aromatic rings. The second kappa shape index (κ2) is 7.57. The number of nitrogens with one attached hydrogen (secondary N) is 1. The van der Waals surface area contributed by atoms with Crippen molar-refractivity contribution in [3.8, 4) is 0 Å². The Morgan fingerprint density at radius 3 is 2.92 bits per heavy atom. The van der Waals surface area contributed by atoms with Gasteiger partial charge < -0.3 is 20.0 Å². The minimum absolute atomic E-state index is 0.0309. The van der Waals surface area contributed by atoms with Crippen molar-refractivity contribution in [2.24, 2.45) is 5.92 Å². The number of nitrogens with zero attached hydrogens (tertiary/aromatic N) is 3. The van der Waals surface area contributed by atoms with Crippen LogP contribution < -0.4 is 5.32 Å². The molecule has 1 saturated carbocycles. The molecule has 7 nitrogen and oxygen atoms in total. The van der Waals surface area contributed by atoms with Gasteiger partial charge in [0.15, 0.2) is 0 Å². The van der Waals surface area contributed by atoms with Crippen LogP contribution in [0.1, 0.15) is 43.0 Å². The average molecular weight is 348 g/mol. The molecular formula is C16H20N4O3S. The van der Waals surface area contributed by atoms with E-state index in [1.165, 1.54) is 30.2 Å². The third-order valence-corrected chi connectivity index (χ3v) is 5.40. The Labute approximate surface area is 143 Å². The molecule has 128 valence electrons. The quantitative estimate of drug-likeness (QED) is 0.614. The van der Waals surface area contributed by atoms with E-state index < -0.39 is 4.92 Å². The highest BCUT2D eigenvalue weighted by Crippen LogP contribution is 2.37. The fourth-order valence-corrected chi connectivity index (χ4v) is 4.09. The Kier molecular flexibility index (Phi) is 5.24. The molecule has 2 heterocycles. The highest BCUT2D eigenvalue weighted by atomic mass is 32.1. The van der Waals surface area contributed by atoms with Crippen LogP contribution in [0.4, 0.5) is 5.82 Å². The SMILES string of the molecule is O=C(CCn1cnc([N+](=O)[O-])c1)N[C@@H](c1cccs1)C1CCCC1. The maximum absolute atomic E-state index is 12.3. The first-order valence-electron chi connectivity index (χ1n) is 8.12. The summed E-state index contributed by atoms with van der Waals surface area (Å²) in [7, 11) is 0. The average Bonchev–Trinajstić information content (AvgIpc) is 3.33. The zero-order chi connectivity index (χ0) is 16.9. The Morgan fingerprint density at radius 1 is 1.50 bits per heavy atom. The first kappa shape index (κ1) is 16.6. The summed E-state index contributed by atoms with van der Waals surface area (Å²) in [5, 5.41) is 15.8. The van der Waals surface area contributed by atoms with E-state index in [1.807, 2.05) is 11.4 Å². The van der Waals surface area contributed by atoms with E-state index in [1.54, 1.807) is 15.9 Å². The predicted molar refractivity (Wildman–Crippen MR) is 90.7 cm³/mol. The number of imidazole rings is 1. The van der Waals surface area contributed by atoms with Crippen molar-refractivity contribution in [2.75, 3.05) is 0 Å². The van der Waals surface area contributed by atoms with Crippen molar-refractivity contribution in [1.82, 2.24) is 14.9 Å².